The molecule has 0 saturated carbocycles. The van der Waals surface area contributed by atoms with Crippen molar-refractivity contribution >= 4 is 32.9 Å². The highest BCUT2D eigenvalue weighted by molar-refractivity contribution is 5.89. The van der Waals surface area contributed by atoms with E-state index in [0.717, 1.165) is 28.2 Å². The zero-order chi connectivity index (χ0) is 50.1. The highest BCUT2D eigenvalue weighted by Crippen LogP contribution is 2.37. The summed E-state index contributed by atoms with van der Waals surface area (Å²) < 4.78 is 49.2. The van der Waals surface area contributed by atoms with Crippen molar-refractivity contribution in [1.82, 2.24) is 0 Å². The van der Waals surface area contributed by atoms with E-state index in [0.29, 0.717) is 84.3 Å². The van der Waals surface area contributed by atoms with E-state index in [-0.39, 0.29) is 47.2 Å². The number of aliphatic hydroxyl groups is 3. The van der Waals surface area contributed by atoms with Crippen LogP contribution in [0.25, 0.3) is 66.9 Å². The molecule has 9 aromatic rings. The first-order chi connectivity index (χ1) is 33.9. The van der Waals surface area contributed by atoms with Gasteiger partial charge in [-0.15, -0.1) is 0 Å². The van der Waals surface area contributed by atoms with Crippen LogP contribution in [0.5, 0.6) is 34.5 Å². The number of hydrogen-bond acceptors (Lipinski definition) is 15. The number of aryl methyl sites for hydroxylation is 1. The third-order valence-electron chi connectivity index (χ3n) is 11.2. The molecule has 3 N–H and O–H groups in total. The molecule has 15 heteroatoms. The number of ether oxygens (including phenoxy) is 6. The van der Waals surface area contributed by atoms with Gasteiger partial charge in [0.2, 0.25) is 11.2 Å². The highest BCUT2D eigenvalue weighted by atomic mass is 16.5. The summed E-state index contributed by atoms with van der Waals surface area (Å²) in [6, 6.07) is 34.8. The van der Waals surface area contributed by atoms with Crippen molar-refractivity contribution < 1.29 is 57.0 Å². The van der Waals surface area contributed by atoms with E-state index in [4.69, 9.17) is 41.7 Å². The monoisotopic (exact) mass is 950 g/mol. The molecular formula is C55H50O15. The maximum atomic E-state index is 13.0. The fourth-order valence-corrected chi connectivity index (χ4v) is 7.73. The second-order valence-corrected chi connectivity index (χ2v) is 15.5. The second-order valence-electron chi connectivity index (χ2n) is 15.5. The van der Waals surface area contributed by atoms with Gasteiger partial charge < -0.3 is 57.0 Å². The van der Waals surface area contributed by atoms with Gasteiger partial charge in [-0.3, -0.25) is 14.4 Å². The quantitative estimate of drug-likeness (QED) is 0.104. The fraction of sp³-hybridized carbons (Fsp3) is 0.182. The second kappa shape index (κ2) is 22.2. The summed E-state index contributed by atoms with van der Waals surface area (Å²) in [7, 11) is 9.04. The van der Waals surface area contributed by atoms with Crippen LogP contribution in [0.15, 0.2) is 149 Å². The Bertz CT molecular complexity index is 3480. The number of fused-ring (bicyclic) bond motifs is 3. The molecule has 0 unspecified atom stereocenters. The number of hydrogen-bond donors (Lipinski definition) is 3. The van der Waals surface area contributed by atoms with Crippen molar-refractivity contribution in [2.75, 3.05) is 42.7 Å². The van der Waals surface area contributed by atoms with Gasteiger partial charge in [-0.25, -0.2) is 0 Å². The summed E-state index contributed by atoms with van der Waals surface area (Å²) in [6.45, 7) is 1.40. The smallest absolute Gasteiger partial charge is 0.239 e. The Balaban J connectivity index is 0.000000156. The number of aliphatic hydroxyl groups excluding tert-OH is 3. The number of methoxy groups -OCH3 is 6. The van der Waals surface area contributed by atoms with Crippen LogP contribution in [0.2, 0.25) is 0 Å². The van der Waals surface area contributed by atoms with Gasteiger partial charge >= 0.3 is 0 Å². The predicted octanol–water partition coefficient (Wildman–Crippen LogP) is 9.22. The lowest BCUT2D eigenvalue weighted by Crippen LogP contribution is -2.09. The lowest BCUT2D eigenvalue weighted by Gasteiger charge is -2.13. The average molecular weight is 951 g/mol. The molecule has 9 rings (SSSR count). The molecule has 15 nitrogen and oxygen atoms in total. The van der Waals surface area contributed by atoms with E-state index in [1.165, 1.54) is 40.6 Å². The van der Waals surface area contributed by atoms with Crippen LogP contribution in [0, 0.1) is 6.92 Å². The van der Waals surface area contributed by atoms with Crippen molar-refractivity contribution in [3.8, 4) is 68.5 Å². The van der Waals surface area contributed by atoms with Gasteiger partial charge in [0.1, 0.15) is 73.2 Å². The third-order valence-corrected chi connectivity index (χ3v) is 11.2. The van der Waals surface area contributed by atoms with Gasteiger partial charge in [0, 0.05) is 28.8 Å². The largest absolute Gasteiger partial charge is 0.497 e. The summed E-state index contributed by atoms with van der Waals surface area (Å²) in [5.74, 6) is 3.93. The van der Waals surface area contributed by atoms with E-state index >= 15 is 0 Å². The summed E-state index contributed by atoms with van der Waals surface area (Å²) in [6.07, 6.45) is 0. The van der Waals surface area contributed by atoms with Gasteiger partial charge in [-0.1, -0.05) is 30.3 Å². The van der Waals surface area contributed by atoms with Crippen LogP contribution >= 0.6 is 0 Å². The van der Waals surface area contributed by atoms with Gasteiger partial charge in [0.15, 0.2) is 16.6 Å². The van der Waals surface area contributed by atoms with Crippen molar-refractivity contribution in [1.29, 1.82) is 0 Å². The van der Waals surface area contributed by atoms with Crippen LogP contribution in [0.3, 0.4) is 0 Å². The number of benzene rings is 6. The lowest BCUT2D eigenvalue weighted by atomic mass is 10.1. The molecule has 0 bridgehead atoms. The highest BCUT2D eigenvalue weighted by Gasteiger charge is 2.21. The molecule has 0 fully saturated rings. The topological polar surface area (TPSA) is 207 Å². The zero-order valence-electron chi connectivity index (χ0n) is 39.4. The minimum atomic E-state index is -0.335. The maximum Gasteiger partial charge on any atom is 0.239 e. The van der Waals surface area contributed by atoms with Crippen molar-refractivity contribution in [3.05, 3.63) is 174 Å². The molecule has 6 aromatic carbocycles. The molecule has 70 heavy (non-hydrogen) atoms. The predicted molar refractivity (Wildman–Crippen MR) is 266 cm³/mol. The van der Waals surface area contributed by atoms with Crippen LogP contribution in [-0.4, -0.2) is 58.0 Å². The summed E-state index contributed by atoms with van der Waals surface area (Å²) in [5, 5.41) is 29.1. The summed E-state index contributed by atoms with van der Waals surface area (Å²) in [5.41, 5.74) is 5.41. The van der Waals surface area contributed by atoms with Gasteiger partial charge in [0.05, 0.1) is 62.5 Å². The Labute approximate surface area is 400 Å². The Morgan fingerprint density at radius 2 is 0.871 bits per heavy atom. The first kappa shape index (κ1) is 49.5. The van der Waals surface area contributed by atoms with Crippen molar-refractivity contribution in [2.45, 2.75) is 26.7 Å². The fourth-order valence-electron chi connectivity index (χ4n) is 7.73. The third kappa shape index (κ3) is 10.4. The minimum absolute atomic E-state index is 0.0946. The van der Waals surface area contributed by atoms with Crippen molar-refractivity contribution in [2.24, 2.45) is 0 Å². The van der Waals surface area contributed by atoms with Crippen LogP contribution in [0.1, 0.15) is 22.3 Å². The molecule has 0 saturated heterocycles. The van der Waals surface area contributed by atoms with E-state index in [2.05, 4.69) is 0 Å². The Kier molecular flexibility index (Phi) is 15.7. The molecule has 0 aliphatic rings. The molecule has 3 heterocycles. The molecular weight excluding hydrogens is 901 g/mol. The SMILES string of the molecule is COc1cc(CO)cc2oc(-c3ccccc3)cc(=O)c12.COc1ccc(-c2cc(=O)c3c(OC)cc(CO)cc3o2)cc1.COc1ccc(-c2oc3cc(CO)cc(OC)c3c(=O)c2OC)cc1C. The molecule has 3 aromatic heterocycles. The molecule has 0 amide bonds. The molecule has 0 aliphatic carbocycles. The van der Waals surface area contributed by atoms with Crippen molar-refractivity contribution in [3.63, 3.8) is 0 Å². The van der Waals surface area contributed by atoms with Gasteiger partial charge in [-0.05, 0) is 108 Å². The molecule has 0 atom stereocenters. The molecule has 0 spiro atoms. The van der Waals surface area contributed by atoms with Gasteiger partial charge in [-0.2, -0.15) is 0 Å². The molecule has 0 radical (unpaired) electrons. The minimum Gasteiger partial charge on any atom is -0.497 e. The van der Waals surface area contributed by atoms with E-state index in [1.807, 2.05) is 55.5 Å². The van der Waals surface area contributed by atoms with Crippen LogP contribution in [0.4, 0.5) is 0 Å². The maximum absolute atomic E-state index is 13.0. The van der Waals surface area contributed by atoms with E-state index in [1.54, 1.807) is 74.9 Å². The standard InChI is InChI=1S/C20H20O6.C18H16O5.C17H14O4/c1-11-7-13(5-6-14(11)23-2)19-20(25-4)18(22)17-15(24-3)8-12(10-21)9-16(17)26-19;1-21-13-5-3-12(4-6-13)15-9-14(20)18-16(22-2)7-11(10-19)8-17(18)23-15;1-20-15-7-11(10-18)8-16-17(15)13(19)9-14(21-16)12-5-3-2-4-6-12/h5-9,21H,10H2,1-4H3;3-9,19H,10H2,1-2H3;2-9,18H,10H2,1H3. The Morgan fingerprint density at radius 1 is 0.429 bits per heavy atom. The average Bonchev–Trinajstić information content (AvgIpc) is 3.40. The Hall–Kier alpha value is -8.37. The molecule has 360 valence electrons. The Morgan fingerprint density at radius 3 is 1.30 bits per heavy atom. The first-order valence-electron chi connectivity index (χ1n) is 21.6. The summed E-state index contributed by atoms with van der Waals surface area (Å²) in [4.78, 5) is 37.8. The van der Waals surface area contributed by atoms with E-state index < -0.39 is 0 Å². The van der Waals surface area contributed by atoms with E-state index in [9.17, 15) is 29.7 Å². The normalized spacial score (nSPS) is 10.8. The lowest BCUT2D eigenvalue weighted by molar-refractivity contribution is 0.281. The summed E-state index contributed by atoms with van der Waals surface area (Å²) >= 11 is 0. The zero-order valence-corrected chi connectivity index (χ0v) is 39.4. The van der Waals surface area contributed by atoms with Crippen LogP contribution in [-0.2, 0) is 19.8 Å². The molecule has 0 aliphatic heterocycles. The first-order valence-corrected chi connectivity index (χ1v) is 21.6. The number of rotatable bonds is 12. The van der Waals surface area contributed by atoms with Crippen LogP contribution < -0.4 is 44.7 Å². The van der Waals surface area contributed by atoms with Gasteiger partial charge in [0.25, 0.3) is 0 Å².